The fourth-order valence-corrected chi connectivity index (χ4v) is 1.85. The van der Waals surface area contributed by atoms with E-state index in [0.29, 0.717) is 0 Å². The minimum Gasteiger partial charge on any atom is -0.330 e. The molecule has 0 aromatic carbocycles. The van der Waals surface area contributed by atoms with Crippen LogP contribution in [0.25, 0.3) is 0 Å². The van der Waals surface area contributed by atoms with Crippen molar-refractivity contribution in [3.8, 4) is 0 Å². The fraction of sp³-hybridized carbons (Fsp3) is 1.00. The second-order valence-electron chi connectivity index (χ2n) is 5.56. The third kappa shape index (κ3) is 61.4. The number of hydrogen-bond acceptors (Lipinski definition) is 4. The topological polar surface area (TPSA) is 127 Å². The van der Waals surface area contributed by atoms with Gasteiger partial charge in [-0.1, -0.05) is 78.1 Å². The Morgan fingerprint density at radius 1 is 0.609 bits per heavy atom. The fourth-order valence-electron chi connectivity index (χ4n) is 1.85. The first-order valence-corrected chi connectivity index (χ1v) is 10.3. The zero-order valence-corrected chi connectivity index (χ0v) is 16.0. The summed E-state index contributed by atoms with van der Waals surface area (Å²) in [5, 5.41) is 0. The summed E-state index contributed by atoms with van der Waals surface area (Å²) in [4.78, 5) is 0. The highest BCUT2D eigenvalue weighted by molar-refractivity contribution is 7.79. The van der Waals surface area contributed by atoms with Crippen LogP contribution in [0.1, 0.15) is 90.9 Å². The molecule has 0 heterocycles. The minimum absolute atomic E-state index is 0.867. The van der Waals surface area contributed by atoms with Gasteiger partial charge in [0.25, 0.3) is 0 Å². The van der Waals surface area contributed by atoms with Crippen LogP contribution in [0.4, 0.5) is 0 Å². The summed E-state index contributed by atoms with van der Waals surface area (Å²) in [7, 11) is -4.67. The molecule has 144 valence electrons. The molecule has 0 bridgehead atoms. The molecule has 0 amide bonds. The largest absolute Gasteiger partial charge is 0.394 e. The van der Waals surface area contributed by atoms with Crippen molar-refractivity contribution in [1.82, 2.24) is 0 Å². The summed E-state index contributed by atoms with van der Waals surface area (Å²) < 4.78 is 31.6. The van der Waals surface area contributed by atoms with Crippen molar-refractivity contribution in [2.45, 2.75) is 90.9 Å². The lowest BCUT2D eigenvalue weighted by Crippen LogP contribution is -1.97. The molecule has 0 unspecified atom stereocenters. The maximum absolute atomic E-state index is 8.74. The van der Waals surface area contributed by atoms with Crippen LogP contribution < -0.4 is 11.5 Å². The lowest BCUT2D eigenvalue weighted by Gasteiger charge is -1.96. The van der Waals surface area contributed by atoms with Gasteiger partial charge in [-0.15, -0.1) is 0 Å². The molecule has 0 atom stereocenters. The van der Waals surface area contributed by atoms with Crippen molar-refractivity contribution in [3.63, 3.8) is 0 Å². The van der Waals surface area contributed by atoms with Crippen molar-refractivity contribution >= 4 is 10.4 Å². The predicted octanol–water partition coefficient (Wildman–Crippen LogP) is 3.96. The average molecular weight is 357 g/mol. The molecule has 6 N–H and O–H groups in total. The van der Waals surface area contributed by atoms with Gasteiger partial charge in [0, 0.05) is 0 Å². The first-order chi connectivity index (χ1) is 10.8. The number of unbranched alkanes of at least 4 members (excludes halogenated alkanes) is 10. The standard InChI is InChI=1S/2C8H19N.H2O4S/c2*1-2-3-4-5-6-7-8-9;1-5(2,3)4/h2*2-9H2,1H3;(H2,1,2,3,4). The van der Waals surface area contributed by atoms with Gasteiger partial charge < -0.3 is 11.5 Å². The van der Waals surface area contributed by atoms with Crippen LogP contribution >= 0.6 is 0 Å². The SMILES string of the molecule is CCCCCCCCN.CCCCCCCCN.O=S(=O)(O)O. The Hall–Kier alpha value is -0.210. The highest BCUT2D eigenvalue weighted by Gasteiger charge is 1.86. The van der Waals surface area contributed by atoms with Gasteiger partial charge in [-0.25, -0.2) is 0 Å². The predicted molar refractivity (Wildman–Crippen MR) is 99.0 cm³/mol. The summed E-state index contributed by atoms with van der Waals surface area (Å²) >= 11 is 0. The van der Waals surface area contributed by atoms with Crippen LogP contribution in [0, 0.1) is 0 Å². The van der Waals surface area contributed by atoms with E-state index < -0.39 is 10.4 Å². The first-order valence-electron chi connectivity index (χ1n) is 8.93. The third-order valence-electron chi connectivity index (χ3n) is 3.12. The van der Waals surface area contributed by atoms with Gasteiger partial charge in [-0.2, -0.15) is 8.42 Å². The highest BCUT2D eigenvalue weighted by Crippen LogP contribution is 2.04. The third-order valence-corrected chi connectivity index (χ3v) is 3.12. The summed E-state index contributed by atoms with van der Waals surface area (Å²) in [6, 6.07) is 0. The normalized spacial score (nSPS) is 10.3. The summed E-state index contributed by atoms with van der Waals surface area (Å²) in [5.41, 5.74) is 10.7. The van der Waals surface area contributed by atoms with Crippen molar-refractivity contribution < 1.29 is 17.5 Å². The first kappa shape index (κ1) is 27.6. The van der Waals surface area contributed by atoms with E-state index in [9.17, 15) is 0 Å². The molecule has 0 saturated carbocycles. The Bertz CT molecular complexity index is 252. The van der Waals surface area contributed by atoms with Gasteiger partial charge in [0.05, 0.1) is 0 Å². The molecule has 0 fully saturated rings. The maximum Gasteiger partial charge on any atom is 0.394 e. The van der Waals surface area contributed by atoms with E-state index in [1.54, 1.807) is 0 Å². The highest BCUT2D eigenvalue weighted by atomic mass is 32.3. The molecule has 6 nitrogen and oxygen atoms in total. The Labute approximate surface area is 144 Å². The zero-order chi connectivity index (χ0) is 18.4. The summed E-state index contributed by atoms with van der Waals surface area (Å²) in [6.45, 7) is 6.21. The molecule has 0 aliphatic rings. The van der Waals surface area contributed by atoms with E-state index in [1.165, 1.54) is 77.0 Å². The Morgan fingerprint density at radius 2 is 0.826 bits per heavy atom. The van der Waals surface area contributed by atoms with E-state index in [1.807, 2.05) is 0 Å². The summed E-state index contributed by atoms with van der Waals surface area (Å²) in [5.74, 6) is 0. The van der Waals surface area contributed by atoms with Crippen LogP contribution in [0.2, 0.25) is 0 Å². The molecule has 7 heteroatoms. The van der Waals surface area contributed by atoms with Crippen LogP contribution in [0.15, 0.2) is 0 Å². The quantitative estimate of drug-likeness (QED) is 0.310. The monoisotopic (exact) mass is 356 g/mol. The Balaban J connectivity index is -0.000000273. The van der Waals surface area contributed by atoms with Crippen LogP contribution in [-0.4, -0.2) is 30.6 Å². The molecular weight excluding hydrogens is 316 g/mol. The number of hydrogen-bond donors (Lipinski definition) is 4. The molecule has 0 aromatic rings. The van der Waals surface area contributed by atoms with Crippen molar-refractivity contribution in [2.75, 3.05) is 13.1 Å². The zero-order valence-electron chi connectivity index (χ0n) is 15.2. The van der Waals surface area contributed by atoms with E-state index in [2.05, 4.69) is 13.8 Å². The Morgan fingerprint density at radius 3 is 1.04 bits per heavy atom. The van der Waals surface area contributed by atoms with Gasteiger partial charge in [0.1, 0.15) is 0 Å². The van der Waals surface area contributed by atoms with Gasteiger partial charge in [-0.3, -0.25) is 9.11 Å². The molecule has 0 spiro atoms. The molecule has 0 aliphatic heterocycles. The van der Waals surface area contributed by atoms with Gasteiger partial charge in [0.15, 0.2) is 0 Å². The molecule has 23 heavy (non-hydrogen) atoms. The second kappa shape index (κ2) is 24.0. The lowest BCUT2D eigenvalue weighted by atomic mass is 10.1. The summed E-state index contributed by atoms with van der Waals surface area (Å²) in [6.07, 6.45) is 16.1. The van der Waals surface area contributed by atoms with Crippen molar-refractivity contribution in [3.05, 3.63) is 0 Å². The Kier molecular flexibility index (Phi) is 28.9. The number of nitrogens with two attached hydrogens (primary N) is 2. The molecule has 0 aliphatic carbocycles. The van der Waals surface area contributed by atoms with E-state index in [-0.39, 0.29) is 0 Å². The van der Waals surface area contributed by atoms with Gasteiger partial charge >= 0.3 is 10.4 Å². The lowest BCUT2D eigenvalue weighted by molar-refractivity contribution is 0.381. The van der Waals surface area contributed by atoms with E-state index in [4.69, 9.17) is 29.0 Å². The molecule has 0 radical (unpaired) electrons. The average Bonchev–Trinajstić information content (AvgIpc) is 2.46. The minimum atomic E-state index is -4.67. The molecule has 0 aromatic heterocycles. The van der Waals surface area contributed by atoms with Gasteiger partial charge in [-0.05, 0) is 25.9 Å². The van der Waals surface area contributed by atoms with Gasteiger partial charge in [0.2, 0.25) is 0 Å². The van der Waals surface area contributed by atoms with Crippen molar-refractivity contribution in [2.24, 2.45) is 11.5 Å². The van der Waals surface area contributed by atoms with Crippen molar-refractivity contribution in [1.29, 1.82) is 0 Å². The van der Waals surface area contributed by atoms with Crippen LogP contribution in [-0.2, 0) is 10.4 Å². The molecule has 0 saturated heterocycles. The molecular formula is C16H40N2O4S. The maximum atomic E-state index is 8.74. The van der Waals surface area contributed by atoms with Crippen LogP contribution in [0.5, 0.6) is 0 Å². The number of rotatable bonds is 12. The van der Waals surface area contributed by atoms with E-state index in [0.717, 1.165) is 13.1 Å². The smallest absolute Gasteiger partial charge is 0.330 e. The second-order valence-corrected chi connectivity index (χ2v) is 6.46. The van der Waals surface area contributed by atoms with Crippen LogP contribution in [0.3, 0.4) is 0 Å². The molecule has 0 rings (SSSR count). The van der Waals surface area contributed by atoms with E-state index >= 15 is 0 Å².